The number of alkyl carbamates (subject to hydrolysis) is 1. The first-order chi connectivity index (χ1) is 11.9. The molecule has 1 aliphatic rings. The number of amides is 1. The van der Waals surface area contributed by atoms with E-state index in [4.69, 9.17) is 4.74 Å². The summed E-state index contributed by atoms with van der Waals surface area (Å²) in [6.07, 6.45) is 0.633. The summed E-state index contributed by atoms with van der Waals surface area (Å²) in [5.41, 5.74) is 4.29. The van der Waals surface area contributed by atoms with Crippen molar-refractivity contribution < 1.29 is 9.53 Å². The highest BCUT2D eigenvalue weighted by Gasteiger charge is 2.40. The van der Waals surface area contributed by atoms with Gasteiger partial charge in [-0.3, -0.25) is 0 Å². The molecule has 0 unspecified atom stereocenters. The number of benzene rings is 2. The van der Waals surface area contributed by atoms with E-state index in [0.29, 0.717) is 5.92 Å². The Bertz CT molecular complexity index is 747. The molecule has 132 valence electrons. The van der Waals surface area contributed by atoms with E-state index in [1.165, 1.54) is 16.7 Å². The number of hydrogen-bond donors (Lipinski definition) is 2. The molecule has 4 nitrogen and oxygen atoms in total. The number of carbonyl (C=O) groups is 1. The predicted molar refractivity (Wildman–Crippen MR) is 102 cm³/mol. The van der Waals surface area contributed by atoms with Crippen molar-refractivity contribution in [3.05, 3.63) is 54.1 Å². The second-order valence-corrected chi connectivity index (χ2v) is 7.55. The molecule has 0 bridgehead atoms. The van der Waals surface area contributed by atoms with Crippen molar-refractivity contribution in [2.45, 2.75) is 44.8 Å². The Balaban J connectivity index is 1.61. The lowest BCUT2D eigenvalue weighted by Gasteiger charge is -2.19. The Hall–Kier alpha value is -2.49. The normalized spacial score (nSPS) is 19.2. The molecule has 0 spiro atoms. The minimum atomic E-state index is -0.460. The molecule has 1 aliphatic carbocycles. The first kappa shape index (κ1) is 17.3. The lowest BCUT2D eigenvalue weighted by molar-refractivity contribution is 0.0523. The van der Waals surface area contributed by atoms with Crippen molar-refractivity contribution in [3.63, 3.8) is 0 Å². The summed E-state index contributed by atoms with van der Waals surface area (Å²) in [6, 6.07) is 17.1. The highest BCUT2D eigenvalue weighted by molar-refractivity contribution is 5.70. The number of nitrogens with one attached hydrogen (secondary N) is 2. The van der Waals surface area contributed by atoms with Gasteiger partial charge in [0.1, 0.15) is 5.60 Å². The predicted octanol–water partition coefficient (Wildman–Crippen LogP) is 4.78. The van der Waals surface area contributed by atoms with E-state index < -0.39 is 5.60 Å². The third-order valence-electron chi connectivity index (χ3n) is 4.32. The van der Waals surface area contributed by atoms with Crippen molar-refractivity contribution in [1.29, 1.82) is 0 Å². The van der Waals surface area contributed by atoms with E-state index in [1.54, 1.807) is 0 Å². The summed E-state index contributed by atoms with van der Waals surface area (Å²) in [7, 11) is 1.92. The van der Waals surface area contributed by atoms with E-state index >= 15 is 0 Å². The third kappa shape index (κ3) is 4.53. The molecule has 4 heteroatoms. The van der Waals surface area contributed by atoms with Gasteiger partial charge in [-0.1, -0.05) is 36.4 Å². The Morgan fingerprint density at radius 1 is 1.08 bits per heavy atom. The van der Waals surface area contributed by atoms with Crippen LogP contribution in [0.15, 0.2) is 48.5 Å². The number of carbonyl (C=O) groups excluding carboxylic acids is 1. The number of anilines is 1. The molecule has 1 amide bonds. The van der Waals surface area contributed by atoms with Crippen molar-refractivity contribution in [1.82, 2.24) is 5.32 Å². The summed E-state index contributed by atoms with van der Waals surface area (Å²) in [5.74, 6) is 0.380. The number of rotatable bonds is 4. The summed E-state index contributed by atoms with van der Waals surface area (Å²) in [6.45, 7) is 5.62. The van der Waals surface area contributed by atoms with Gasteiger partial charge in [-0.15, -0.1) is 0 Å². The van der Waals surface area contributed by atoms with Crippen molar-refractivity contribution in [2.75, 3.05) is 12.4 Å². The van der Waals surface area contributed by atoms with Crippen LogP contribution in [-0.2, 0) is 4.74 Å². The van der Waals surface area contributed by atoms with Gasteiger partial charge in [-0.2, -0.15) is 0 Å². The van der Waals surface area contributed by atoms with Gasteiger partial charge < -0.3 is 15.4 Å². The van der Waals surface area contributed by atoms with Crippen LogP contribution in [0.2, 0.25) is 0 Å². The van der Waals surface area contributed by atoms with Crippen LogP contribution >= 0.6 is 0 Å². The van der Waals surface area contributed by atoms with Crippen molar-refractivity contribution >= 4 is 11.8 Å². The standard InChI is InChI=1S/C21H26N2O2/c1-21(2,3)25-20(24)23-19-13-18(19)15-10-8-14(9-11-15)16-6-5-7-17(12-16)22-4/h5-12,18-19,22H,13H2,1-4H3,(H,23,24)/t18-,19+/m1/s1. The smallest absolute Gasteiger partial charge is 0.407 e. The molecule has 2 atom stereocenters. The Morgan fingerprint density at radius 2 is 1.80 bits per heavy atom. The van der Waals surface area contributed by atoms with Gasteiger partial charge in [0.2, 0.25) is 0 Å². The molecule has 0 aromatic heterocycles. The average molecular weight is 338 g/mol. The van der Waals surface area contributed by atoms with Crippen LogP contribution in [0.1, 0.15) is 38.7 Å². The summed E-state index contributed by atoms with van der Waals surface area (Å²) < 4.78 is 5.32. The molecule has 2 aromatic carbocycles. The molecule has 2 N–H and O–H groups in total. The molecule has 3 rings (SSSR count). The van der Waals surface area contributed by atoms with Crippen LogP contribution in [0, 0.1) is 0 Å². The first-order valence-electron chi connectivity index (χ1n) is 8.73. The monoisotopic (exact) mass is 338 g/mol. The second-order valence-electron chi connectivity index (χ2n) is 7.55. The number of hydrogen-bond acceptors (Lipinski definition) is 3. The molecule has 25 heavy (non-hydrogen) atoms. The van der Waals surface area contributed by atoms with Gasteiger partial charge in [0, 0.05) is 24.7 Å². The average Bonchev–Trinajstić information content (AvgIpc) is 3.32. The van der Waals surface area contributed by atoms with Crippen LogP contribution in [0.5, 0.6) is 0 Å². The Morgan fingerprint density at radius 3 is 2.44 bits per heavy atom. The Labute approximate surface area is 149 Å². The molecule has 0 aliphatic heterocycles. The number of ether oxygens (including phenoxy) is 1. The Kier molecular flexibility index (Phi) is 4.71. The van der Waals surface area contributed by atoms with E-state index in [1.807, 2.05) is 27.8 Å². The third-order valence-corrected chi connectivity index (χ3v) is 4.32. The molecule has 1 fully saturated rings. The zero-order valence-electron chi connectivity index (χ0n) is 15.3. The fourth-order valence-electron chi connectivity index (χ4n) is 2.96. The lowest BCUT2D eigenvalue weighted by Crippen LogP contribution is -2.34. The fraction of sp³-hybridized carbons (Fsp3) is 0.381. The van der Waals surface area contributed by atoms with E-state index in [2.05, 4.69) is 59.2 Å². The van der Waals surface area contributed by atoms with E-state index in [-0.39, 0.29) is 12.1 Å². The van der Waals surface area contributed by atoms with Gasteiger partial charge in [-0.25, -0.2) is 4.79 Å². The maximum atomic E-state index is 11.8. The summed E-state index contributed by atoms with van der Waals surface area (Å²) >= 11 is 0. The molecule has 0 heterocycles. The highest BCUT2D eigenvalue weighted by Crippen LogP contribution is 2.41. The molecule has 1 saturated carbocycles. The van der Waals surface area contributed by atoms with Crippen molar-refractivity contribution in [3.8, 4) is 11.1 Å². The zero-order valence-corrected chi connectivity index (χ0v) is 15.3. The quantitative estimate of drug-likeness (QED) is 0.844. The fourth-order valence-corrected chi connectivity index (χ4v) is 2.96. The maximum Gasteiger partial charge on any atom is 0.407 e. The minimum Gasteiger partial charge on any atom is -0.444 e. The van der Waals surface area contributed by atoms with Crippen LogP contribution in [-0.4, -0.2) is 24.8 Å². The largest absolute Gasteiger partial charge is 0.444 e. The molecule has 0 radical (unpaired) electrons. The minimum absolute atomic E-state index is 0.174. The highest BCUT2D eigenvalue weighted by atomic mass is 16.6. The lowest BCUT2D eigenvalue weighted by atomic mass is 10.0. The van der Waals surface area contributed by atoms with Gasteiger partial charge in [0.25, 0.3) is 0 Å². The van der Waals surface area contributed by atoms with Gasteiger partial charge in [0.05, 0.1) is 0 Å². The van der Waals surface area contributed by atoms with E-state index in [9.17, 15) is 4.79 Å². The van der Waals surface area contributed by atoms with Crippen LogP contribution < -0.4 is 10.6 Å². The SMILES string of the molecule is CNc1cccc(-c2ccc([C@H]3C[C@@H]3NC(=O)OC(C)(C)C)cc2)c1. The topological polar surface area (TPSA) is 50.4 Å². The summed E-state index contributed by atoms with van der Waals surface area (Å²) in [4.78, 5) is 11.8. The zero-order chi connectivity index (χ0) is 18.0. The van der Waals surface area contributed by atoms with Crippen LogP contribution in [0.3, 0.4) is 0 Å². The van der Waals surface area contributed by atoms with Crippen molar-refractivity contribution in [2.24, 2.45) is 0 Å². The maximum absolute atomic E-state index is 11.8. The van der Waals surface area contributed by atoms with Gasteiger partial charge in [-0.05, 0) is 56.0 Å². The van der Waals surface area contributed by atoms with Gasteiger partial charge in [0.15, 0.2) is 0 Å². The van der Waals surface area contributed by atoms with E-state index in [0.717, 1.165) is 12.1 Å². The molecular weight excluding hydrogens is 312 g/mol. The van der Waals surface area contributed by atoms with Crippen LogP contribution in [0.25, 0.3) is 11.1 Å². The molecule has 2 aromatic rings. The first-order valence-corrected chi connectivity index (χ1v) is 8.73. The molecular formula is C21H26N2O2. The second kappa shape index (κ2) is 6.79. The van der Waals surface area contributed by atoms with Gasteiger partial charge >= 0.3 is 6.09 Å². The van der Waals surface area contributed by atoms with Crippen LogP contribution in [0.4, 0.5) is 10.5 Å². The molecule has 0 saturated heterocycles. The summed E-state index contributed by atoms with van der Waals surface area (Å²) in [5, 5.41) is 6.12.